The number of rotatable bonds is 3. The molecule has 0 saturated carbocycles. The van der Waals surface area contributed by atoms with Crippen LogP contribution in [0.25, 0.3) is 5.69 Å². The van der Waals surface area contributed by atoms with Crippen LogP contribution in [0.3, 0.4) is 0 Å². The monoisotopic (exact) mass is 327 g/mol. The van der Waals surface area contributed by atoms with Crippen LogP contribution >= 0.6 is 0 Å². The van der Waals surface area contributed by atoms with Gasteiger partial charge in [-0.05, 0) is 30.9 Å². The smallest absolute Gasteiger partial charge is 0.358 e. The SMILES string of the molecule is COC(=O)c1cc(C(=O)N2CCC[C@@H](C)C2)n(-c2ccccc2)n1. The van der Waals surface area contributed by atoms with Gasteiger partial charge in [0.05, 0.1) is 12.8 Å². The van der Waals surface area contributed by atoms with E-state index in [2.05, 4.69) is 12.0 Å². The maximum Gasteiger partial charge on any atom is 0.358 e. The van der Waals surface area contributed by atoms with Crippen LogP contribution in [0, 0.1) is 5.92 Å². The highest BCUT2D eigenvalue weighted by Crippen LogP contribution is 2.20. The normalized spacial score (nSPS) is 17.6. The van der Waals surface area contributed by atoms with Crippen molar-refractivity contribution in [3.8, 4) is 5.69 Å². The van der Waals surface area contributed by atoms with E-state index in [0.717, 1.165) is 31.6 Å². The van der Waals surface area contributed by atoms with Gasteiger partial charge in [-0.3, -0.25) is 4.79 Å². The molecule has 0 spiro atoms. The Hall–Kier alpha value is -2.63. The standard InChI is InChI=1S/C18H21N3O3/c1-13-7-6-10-20(12-13)17(22)16-11-15(18(23)24-2)19-21(16)14-8-4-3-5-9-14/h3-5,8-9,11,13H,6-7,10,12H2,1-2H3/t13-/m1/s1. The number of carbonyl (C=O) groups is 2. The maximum atomic E-state index is 13.0. The average Bonchev–Trinajstić information content (AvgIpc) is 3.06. The van der Waals surface area contributed by atoms with E-state index in [9.17, 15) is 9.59 Å². The summed E-state index contributed by atoms with van der Waals surface area (Å²) in [4.78, 5) is 26.7. The third kappa shape index (κ3) is 3.18. The average molecular weight is 327 g/mol. The van der Waals surface area contributed by atoms with Gasteiger partial charge in [0.25, 0.3) is 5.91 Å². The number of aromatic nitrogens is 2. The second kappa shape index (κ2) is 6.86. The molecule has 6 nitrogen and oxygen atoms in total. The quantitative estimate of drug-likeness (QED) is 0.813. The molecule has 3 rings (SSSR count). The van der Waals surface area contributed by atoms with Crippen LogP contribution in [0.1, 0.15) is 40.7 Å². The Balaban J connectivity index is 2.00. The van der Waals surface area contributed by atoms with Crippen LogP contribution in [-0.2, 0) is 4.74 Å². The van der Waals surface area contributed by atoms with Crippen molar-refractivity contribution in [2.45, 2.75) is 19.8 Å². The summed E-state index contributed by atoms with van der Waals surface area (Å²) in [6.45, 7) is 3.61. The van der Waals surface area contributed by atoms with Gasteiger partial charge in [-0.25, -0.2) is 9.48 Å². The van der Waals surface area contributed by atoms with Crippen molar-refractivity contribution in [2.75, 3.05) is 20.2 Å². The van der Waals surface area contributed by atoms with E-state index < -0.39 is 5.97 Å². The molecule has 2 aromatic rings. The number of carbonyl (C=O) groups excluding carboxylic acids is 2. The molecule has 0 bridgehead atoms. The molecular weight excluding hydrogens is 306 g/mol. The molecule has 1 fully saturated rings. The zero-order valence-electron chi connectivity index (χ0n) is 13.9. The topological polar surface area (TPSA) is 64.4 Å². The highest BCUT2D eigenvalue weighted by atomic mass is 16.5. The van der Waals surface area contributed by atoms with Crippen LogP contribution in [0.4, 0.5) is 0 Å². The second-order valence-electron chi connectivity index (χ2n) is 6.15. The van der Waals surface area contributed by atoms with Crippen molar-refractivity contribution >= 4 is 11.9 Å². The van der Waals surface area contributed by atoms with Gasteiger partial charge in [-0.2, -0.15) is 5.10 Å². The zero-order valence-corrected chi connectivity index (χ0v) is 13.9. The number of hydrogen-bond donors (Lipinski definition) is 0. The summed E-state index contributed by atoms with van der Waals surface area (Å²) < 4.78 is 6.26. The molecular formula is C18H21N3O3. The molecule has 1 saturated heterocycles. The van der Waals surface area contributed by atoms with Crippen LogP contribution in [0.2, 0.25) is 0 Å². The number of esters is 1. The predicted octanol–water partition coefficient (Wildman–Crippen LogP) is 2.53. The minimum absolute atomic E-state index is 0.104. The molecule has 1 aromatic carbocycles. The highest BCUT2D eigenvalue weighted by molar-refractivity contribution is 5.96. The predicted molar refractivity (Wildman–Crippen MR) is 89.2 cm³/mol. The van der Waals surface area contributed by atoms with E-state index in [1.807, 2.05) is 35.2 Å². The van der Waals surface area contributed by atoms with E-state index in [-0.39, 0.29) is 11.6 Å². The number of para-hydroxylation sites is 1. The van der Waals surface area contributed by atoms with Gasteiger partial charge < -0.3 is 9.64 Å². The molecule has 24 heavy (non-hydrogen) atoms. The Labute approximate surface area is 141 Å². The molecule has 0 radical (unpaired) electrons. The summed E-state index contributed by atoms with van der Waals surface area (Å²) >= 11 is 0. The molecule has 1 atom stereocenters. The van der Waals surface area contributed by atoms with Gasteiger partial charge >= 0.3 is 5.97 Å². The Bertz CT molecular complexity index is 739. The Kier molecular flexibility index (Phi) is 4.64. The van der Waals surface area contributed by atoms with Crippen molar-refractivity contribution < 1.29 is 14.3 Å². The second-order valence-corrected chi connectivity index (χ2v) is 6.15. The molecule has 6 heteroatoms. The van der Waals surface area contributed by atoms with E-state index in [4.69, 9.17) is 4.74 Å². The lowest BCUT2D eigenvalue weighted by Crippen LogP contribution is -2.39. The van der Waals surface area contributed by atoms with Crippen molar-refractivity contribution in [3.63, 3.8) is 0 Å². The van der Waals surface area contributed by atoms with Gasteiger partial charge in [0.1, 0.15) is 5.69 Å². The summed E-state index contributed by atoms with van der Waals surface area (Å²) in [5, 5.41) is 4.28. The first kappa shape index (κ1) is 16.2. The summed E-state index contributed by atoms with van der Waals surface area (Å²) in [6, 6.07) is 10.8. The molecule has 126 valence electrons. The number of hydrogen-bond acceptors (Lipinski definition) is 4. The molecule has 0 unspecified atom stereocenters. The van der Waals surface area contributed by atoms with Crippen molar-refractivity contribution in [1.82, 2.24) is 14.7 Å². The Morgan fingerprint density at radius 1 is 1.25 bits per heavy atom. The first-order chi connectivity index (χ1) is 11.6. The summed E-state index contributed by atoms with van der Waals surface area (Å²) in [5.41, 5.74) is 1.26. The number of piperidine rings is 1. The lowest BCUT2D eigenvalue weighted by Gasteiger charge is -2.30. The third-order valence-electron chi connectivity index (χ3n) is 4.27. The van der Waals surface area contributed by atoms with Gasteiger partial charge in [0.2, 0.25) is 0 Å². The fourth-order valence-electron chi connectivity index (χ4n) is 3.04. The molecule has 0 aliphatic carbocycles. The number of amides is 1. The van der Waals surface area contributed by atoms with E-state index in [1.165, 1.54) is 17.9 Å². The fourth-order valence-corrected chi connectivity index (χ4v) is 3.04. The van der Waals surface area contributed by atoms with Crippen LogP contribution < -0.4 is 0 Å². The number of benzene rings is 1. The summed E-state index contributed by atoms with van der Waals surface area (Å²) in [6.07, 6.45) is 2.13. The van der Waals surface area contributed by atoms with Gasteiger partial charge in [-0.1, -0.05) is 25.1 Å². The molecule has 1 amide bonds. The number of likely N-dealkylation sites (tertiary alicyclic amines) is 1. The molecule has 0 N–H and O–H groups in total. The van der Waals surface area contributed by atoms with Gasteiger partial charge in [0, 0.05) is 19.2 Å². The minimum atomic E-state index is -0.550. The molecule has 1 aromatic heterocycles. The first-order valence-corrected chi connectivity index (χ1v) is 8.13. The molecule has 2 heterocycles. The van der Waals surface area contributed by atoms with Crippen molar-refractivity contribution in [1.29, 1.82) is 0 Å². The summed E-state index contributed by atoms with van der Waals surface area (Å²) in [5.74, 6) is -0.172. The van der Waals surface area contributed by atoms with Crippen molar-refractivity contribution in [2.24, 2.45) is 5.92 Å². The molecule has 1 aliphatic heterocycles. The molecule has 1 aliphatic rings. The first-order valence-electron chi connectivity index (χ1n) is 8.13. The largest absolute Gasteiger partial charge is 0.464 e. The van der Waals surface area contributed by atoms with E-state index in [0.29, 0.717) is 11.6 Å². The zero-order chi connectivity index (χ0) is 17.1. The number of ether oxygens (including phenoxy) is 1. The Morgan fingerprint density at radius 2 is 2.00 bits per heavy atom. The third-order valence-corrected chi connectivity index (χ3v) is 4.27. The van der Waals surface area contributed by atoms with E-state index in [1.54, 1.807) is 0 Å². The number of nitrogens with zero attached hydrogens (tertiary/aromatic N) is 3. The number of methoxy groups -OCH3 is 1. The van der Waals surface area contributed by atoms with E-state index >= 15 is 0 Å². The van der Waals surface area contributed by atoms with Gasteiger partial charge in [0.15, 0.2) is 5.69 Å². The lowest BCUT2D eigenvalue weighted by atomic mass is 10.00. The Morgan fingerprint density at radius 3 is 2.67 bits per heavy atom. The summed E-state index contributed by atoms with van der Waals surface area (Å²) in [7, 11) is 1.30. The van der Waals surface area contributed by atoms with Gasteiger partial charge in [-0.15, -0.1) is 0 Å². The van der Waals surface area contributed by atoms with Crippen molar-refractivity contribution in [3.05, 3.63) is 47.8 Å². The van der Waals surface area contributed by atoms with Crippen LogP contribution in [0.5, 0.6) is 0 Å². The highest BCUT2D eigenvalue weighted by Gasteiger charge is 2.27. The van der Waals surface area contributed by atoms with Crippen LogP contribution in [0.15, 0.2) is 36.4 Å². The van der Waals surface area contributed by atoms with Crippen LogP contribution in [-0.4, -0.2) is 46.8 Å². The fraction of sp³-hybridized carbons (Fsp3) is 0.389. The lowest BCUT2D eigenvalue weighted by molar-refractivity contribution is 0.0593. The maximum absolute atomic E-state index is 13.0. The minimum Gasteiger partial charge on any atom is -0.464 e.